The first kappa shape index (κ1) is 9.46. The Labute approximate surface area is 78.2 Å². The summed E-state index contributed by atoms with van der Waals surface area (Å²) < 4.78 is 0. The number of hydrogen-bond acceptors (Lipinski definition) is 2. The van der Waals surface area contributed by atoms with E-state index < -0.39 is 0 Å². The lowest BCUT2D eigenvalue weighted by atomic mass is 9.98. The molecular weight excluding hydrogens is 166 g/mol. The zero-order chi connectivity index (χ0) is 9.35. The molecule has 0 unspecified atom stereocenters. The molecule has 0 atom stereocenters. The molecule has 0 bridgehead atoms. The molecule has 0 aliphatic heterocycles. The first-order valence-electron chi connectivity index (χ1n) is 4.03. The number of rotatable bonds is 1. The molecule has 0 aliphatic rings. The highest BCUT2D eigenvalue weighted by Gasteiger charge is 2.17. The van der Waals surface area contributed by atoms with Crippen molar-refractivity contribution in [2.24, 2.45) is 0 Å². The van der Waals surface area contributed by atoms with Crippen LogP contribution in [0.1, 0.15) is 38.4 Å². The van der Waals surface area contributed by atoms with Crippen LogP contribution in [-0.2, 0) is 5.41 Å². The highest BCUT2D eigenvalue weighted by molar-refractivity contribution is 7.09. The molecule has 0 radical (unpaired) electrons. The quantitative estimate of drug-likeness (QED) is 0.646. The molecule has 0 spiro atoms. The molecule has 0 aromatic carbocycles. The number of allylic oxidation sites excluding steroid dienone is 1. The minimum atomic E-state index is 0.165. The number of aromatic nitrogens is 1. The summed E-state index contributed by atoms with van der Waals surface area (Å²) in [6, 6.07) is 0. The lowest BCUT2D eigenvalue weighted by molar-refractivity contribution is 0.585. The van der Waals surface area contributed by atoms with Crippen molar-refractivity contribution in [1.29, 1.82) is 0 Å². The maximum atomic E-state index is 4.50. The summed E-state index contributed by atoms with van der Waals surface area (Å²) in [6.45, 7) is 12.4. The van der Waals surface area contributed by atoms with Crippen LogP contribution in [0.4, 0.5) is 0 Å². The fourth-order valence-corrected chi connectivity index (χ4v) is 1.80. The Morgan fingerprint density at radius 1 is 1.50 bits per heavy atom. The van der Waals surface area contributed by atoms with Crippen molar-refractivity contribution in [3.63, 3.8) is 0 Å². The molecule has 1 aromatic heterocycles. The third-order valence-electron chi connectivity index (χ3n) is 1.58. The van der Waals surface area contributed by atoms with Crippen LogP contribution >= 0.6 is 11.3 Å². The third kappa shape index (κ3) is 1.95. The molecule has 0 saturated carbocycles. The highest BCUT2D eigenvalue weighted by Crippen LogP contribution is 2.27. The maximum absolute atomic E-state index is 4.50. The summed E-state index contributed by atoms with van der Waals surface area (Å²) >= 11 is 1.71. The molecule has 0 N–H and O–H groups in total. The van der Waals surface area contributed by atoms with Crippen LogP contribution in [0, 0.1) is 0 Å². The summed E-state index contributed by atoms with van der Waals surface area (Å²) in [7, 11) is 0. The number of nitrogens with zero attached hydrogens (tertiary/aromatic N) is 1. The number of thiazole rings is 1. The van der Waals surface area contributed by atoms with E-state index in [4.69, 9.17) is 0 Å². The third-order valence-corrected chi connectivity index (χ3v) is 2.85. The van der Waals surface area contributed by atoms with Gasteiger partial charge in [0.2, 0.25) is 0 Å². The predicted molar refractivity (Wildman–Crippen MR) is 55.5 cm³/mol. The fourth-order valence-electron chi connectivity index (χ4n) is 0.814. The Morgan fingerprint density at radius 3 is 2.33 bits per heavy atom. The molecule has 1 rings (SSSR count). The standard InChI is InChI=1S/C10H15NS/c1-7(2)8-6-12-9(11-8)10(3,4)5/h6H,1H2,2-5H3. The van der Waals surface area contributed by atoms with Crippen LogP contribution in [-0.4, -0.2) is 4.98 Å². The van der Waals surface area contributed by atoms with Crippen LogP contribution in [0.3, 0.4) is 0 Å². The molecule has 2 heteroatoms. The molecule has 1 aromatic rings. The van der Waals surface area contributed by atoms with Crippen LogP contribution in [0.25, 0.3) is 5.57 Å². The molecule has 12 heavy (non-hydrogen) atoms. The SMILES string of the molecule is C=C(C)c1csc(C(C)(C)C)n1. The van der Waals surface area contributed by atoms with Crippen molar-refractivity contribution < 1.29 is 0 Å². The topological polar surface area (TPSA) is 12.9 Å². The van der Waals surface area contributed by atoms with Crippen molar-refractivity contribution in [2.45, 2.75) is 33.1 Å². The molecular formula is C10H15NS. The van der Waals surface area contributed by atoms with Gasteiger partial charge in [-0.05, 0) is 12.5 Å². The maximum Gasteiger partial charge on any atom is 0.0986 e. The Kier molecular flexibility index (Phi) is 2.38. The Bertz CT molecular complexity index is 291. The molecule has 0 aliphatic carbocycles. The summed E-state index contributed by atoms with van der Waals surface area (Å²) in [5.41, 5.74) is 2.24. The van der Waals surface area contributed by atoms with Crippen molar-refractivity contribution in [2.75, 3.05) is 0 Å². The Hall–Kier alpha value is -0.630. The number of hydrogen-bond donors (Lipinski definition) is 0. The van der Waals surface area contributed by atoms with Gasteiger partial charge in [-0.3, -0.25) is 0 Å². The second kappa shape index (κ2) is 3.02. The van der Waals surface area contributed by atoms with Gasteiger partial charge in [-0.1, -0.05) is 27.4 Å². The van der Waals surface area contributed by atoms with Gasteiger partial charge in [-0.15, -0.1) is 11.3 Å². The van der Waals surface area contributed by atoms with Crippen molar-refractivity contribution in [3.8, 4) is 0 Å². The van der Waals surface area contributed by atoms with E-state index in [0.29, 0.717) is 0 Å². The Balaban J connectivity index is 3.00. The van der Waals surface area contributed by atoms with E-state index >= 15 is 0 Å². The van der Waals surface area contributed by atoms with E-state index in [9.17, 15) is 0 Å². The van der Waals surface area contributed by atoms with Gasteiger partial charge in [0.25, 0.3) is 0 Å². The molecule has 0 amide bonds. The minimum absolute atomic E-state index is 0.165. The van der Waals surface area contributed by atoms with Crippen LogP contribution in [0.5, 0.6) is 0 Å². The average molecular weight is 181 g/mol. The smallest absolute Gasteiger partial charge is 0.0986 e. The van der Waals surface area contributed by atoms with E-state index in [1.807, 2.05) is 6.92 Å². The van der Waals surface area contributed by atoms with Gasteiger partial charge in [-0.25, -0.2) is 4.98 Å². The van der Waals surface area contributed by atoms with E-state index in [1.54, 1.807) is 11.3 Å². The van der Waals surface area contributed by atoms with Gasteiger partial charge >= 0.3 is 0 Å². The zero-order valence-electron chi connectivity index (χ0n) is 8.14. The van der Waals surface area contributed by atoms with Gasteiger partial charge in [0.1, 0.15) is 0 Å². The lowest BCUT2D eigenvalue weighted by Gasteiger charge is -2.13. The second-order valence-corrected chi connectivity index (χ2v) is 4.93. The first-order chi connectivity index (χ1) is 5.41. The van der Waals surface area contributed by atoms with Crippen LogP contribution < -0.4 is 0 Å². The van der Waals surface area contributed by atoms with Crippen LogP contribution in [0.2, 0.25) is 0 Å². The highest BCUT2D eigenvalue weighted by atomic mass is 32.1. The lowest BCUT2D eigenvalue weighted by Crippen LogP contribution is -2.10. The molecule has 0 saturated heterocycles. The minimum Gasteiger partial charge on any atom is -0.241 e. The van der Waals surface area contributed by atoms with Gasteiger partial charge in [0.05, 0.1) is 10.7 Å². The summed E-state index contributed by atoms with van der Waals surface area (Å²) in [5, 5.41) is 3.25. The van der Waals surface area contributed by atoms with Gasteiger partial charge in [0.15, 0.2) is 0 Å². The van der Waals surface area contributed by atoms with Gasteiger partial charge in [-0.2, -0.15) is 0 Å². The van der Waals surface area contributed by atoms with Crippen molar-refractivity contribution in [1.82, 2.24) is 4.98 Å². The first-order valence-corrected chi connectivity index (χ1v) is 4.91. The molecule has 0 fully saturated rings. The normalized spacial score (nSPS) is 11.7. The summed E-state index contributed by atoms with van der Waals surface area (Å²) in [4.78, 5) is 4.50. The summed E-state index contributed by atoms with van der Waals surface area (Å²) in [5.74, 6) is 0. The van der Waals surface area contributed by atoms with Gasteiger partial charge in [0, 0.05) is 10.8 Å². The van der Waals surface area contributed by atoms with E-state index in [-0.39, 0.29) is 5.41 Å². The predicted octanol–water partition coefficient (Wildman–Crippen LogP) is 3.47. The van der Waals surface area contributed by atoms with Crippen molar-refractivity contribution >= 4 is 16.9 Å². The van der Waals surface area contributed by atoms with Gasteiger partial charge < -0.3 is 0 Å². The van der Waals surface area contributed by atoms with E-state index in [0.717, 1.165) is 11.3 Å². The summed E-state index contributed by atoms with van der Waals surface area (Å²) in [6.07, 6.45) is 0. The molecule has 1 nitrogen and oxygen atoms in total. The largest absolute Gasteiger partial charge is 0.241 e. The molecule has 66 valence electrons. The second-order valence-electron chi connectivity index (χ2n) is 4.07. The average Bonchev–Trinajstić information content (AvgIpc) is 2.30. The van der Waals surface area contributed by atoms with E-state index in [1.165, 1.54) is 5.01 Å². The monoisotopic (exact) mass is 181 g/mol. The Morgan fingerprint density at radius 2 is 2.08 bits per heavy atom. The van der Waals surface area contributed by atoms with Crippen LogP contribution in [0.15, 0.2) is 12.0 Å². The molecule has 1 heterocycles. The zero-order valence-corrected chi connectivity index (χ0v) is 8.96. The van der Waals surface area contributed by atoms with Crippen molar-refractivity contribution in [3.05, 3.63) is 22.7 Å². The van der Waals surface area contributed by atoms with E-state index in [2.05, 4.69) is 37.7 Å². The fraction of sp³-hybridized carbons (Fsp3) is 0.500.